The molecule has 1 saturated heterocycles. The average molecular weight is 651 g/mol. The van der Waals surface area contributed by atoms with Gasteiger partial charge >= 0.3 is 0 Å². The first-order valence-corrected chi connectivity index (χ1v) is 15.6. The van der Waals surface area contributed by atoms with Crippen LogP contribution >= 0.6 is 11.6 Å². The van der Waals surface area contributed by atoms with Crippen LogP contribution in [-0.4, -0.2) is 76.7 Å². The Morgan fingerprint density at radius 2 is 1.68 bits per heavy atom. The van der Waals surface area contributed by atoms with Gasteiger partial charge in [0.05, 0.1) is 29.9 Å². The Morgan fingerprint density at radius 3 is 2.41 bits per heavy atom. The number of methoxy groups -OCH3 is 1. The first-order valence-electron chi connectivity index (χ1n) is 13.7. The molecule has 0 bridgehead atoms. The minimum absolute atomic E-state index is 0.0115. The van der Waals surface area contributed by atoms with E-state index in [0.29, 0.717) is 46.9 Å². The van der Waals surface area contributed by atoms with E-state index in [1.807, 2.05) is 4.72 Å². The number of hydrogen-bond acceptors (Lipinski definition) is 8. The van der Waals surface area contributed by atoms with Crippen molar-refractivity contribution in [3.8, 4) is 23.0 Å². The lowest BCUT2D eigenvalue weighted by Crippen LogP contribution is -2.44. The highest BCUT2D eigenvalue weighted by atomic mass is 35.5. The molecule has 0 spiro atoms. The number of ether oxygens (including phenoxy) is 3. The summed E-state index contributed by atoms with van der Waals surface area (Å²) in [6.45, 7) is 5.65. The van der Waals surface area contributed by atoms with Gasteiger partial charge in [-0.3, -0.25) is 9.71 Å². The molecule has 1 aromatic heterocycles. The first kappa shape index (κ1) is 31.6. The van der Waals surface area contributed by atoms with Gasteiger partial charge < -0.3 is 24.0 Å². The molecule has 14 heteroatoms. The Hall–Kier alpha value is -3.78. The molecule has 1 aliphatic rings. The van der Waals surface area contributed by atoms with E-state index in [9.17, 15) is 21.6 Å². The molecule has 1 aliphatic heterocycles. The maximum Gasteiger partial charge on any atom is 0.267 e. The molecule has 4 aromatic rings. The summed E-state index contributed by atoms with van der Waals surface area (Å²) in [6, 6.07) is 10.0. The van der Waals surface area contributed by atoms with Gasteiger partial charge in [-0.2, -0.15) is 0 Å². The lowest BCUT2D eigenvalue weighted by Gasteiger charge is -2.32. The maximum absolute atomic E-state index is 14.1. The zero-order valence-corrected chi connectivity index (χ0v) is 25.5. The number of pyridine rings is 1. The number of fused-ring (bicyclic) bond motifs is 1. The minimum Gasteiger partial charge on any atom is -0.493 e. The Kier molecular flexibility index (Phi) is 9.68. The molecule has 44 heavy (non-hydrogen) atoms. The third kappa shape index (κ3) is 7.12. The van der Waals surface area contributed by atoms with E-state index in [-0.39, 0.29) is 16.5 Å². The first-order chi connectivity index (χ1) is 21.1. The van der Waals surface area contributed by atoms with Crippen molar-refractivity contribution in [3.63, 3.8) is 0 Å². The number of anilines is 1. The molecule has 1 fully saturated rings. The zero-order valence-electron chi connectivity index (χ0n) is 23.9. The van der Waals surface area contributed by atoms with Gasteiger partial charge in [0.2, 0.25) is 0 Å². The molecule has 0 aliphatic carbocycles. The van der Waals surface area contributed by atoms with Gasteiger partial charge in [0, 0.05) is 50.4 Å². The van der Waals surface area contributed by atoms with E-state index >= 15 is 0 Å². The zero-order chi connectivity index (χ0) is 31.4. The highest BCUT2D eigenvalue weighted by molar-refractivity contribution is 7.92. The number of likely N-dealkylation sites (N-methyl/N-ethyl adjacent to an activating group) is 1. The largest absolute Gasteiger partial charge is 0.493 e. The summed E-state index contributed by atoms with van der Waals surface area (Å²) in [4.78, 5) is 7.72. The van der Waals surface area contributed by atoms with E-state index < -0.39 is 32.4 Å². The molecule has 0 radical (unpaired) electrons. The van der Waals surface area contributed by atoms with Crippen molar-refractivity contribution in [2.45, 2.75) is 11.3 Å². The second-order valence-corrected chi connectivity index (χ2v) is 12.2. The quantitative estimate of drug-likeness (QED) is 0.158. The van der Waals surface area contributed by atoms with E-state index in [1.165, 1.54) is 25.3 Å². The Morgan fingerprint density at radius 1 is 0.932 bits per heavy atom. The van der Waals surface area contributed by atoms with Crippen molar-refractivity contribution < 1.29 is 35.8 Å². The van der Waals surface area contributed by atoms with Crippen LogP contribution in [0.2, 0.25) is 5.02 Å². The molecule has 3 aromatic carbocycles. The molecule has 1 N–H and O–H groups in total. The maximum atomic E-state index is 14.1. The summed E-state index contributed by atoms with van der Waals surface area (Å²) in [5, 5.41) is 0.592. The van der Waals surface area contributed by atoms with Gasteiger partial charge in [0.25, 0.3) is 10.0 Å². The molecule has 0 saturated carbocycles. The second-order valence-electron chi connectivity index (χ2n) is 10.2. The minimum atomic E-state index is -4.82. The Balaban J connectivity index is 1.29. The molecule has 2 heterocycles. The predicted octanol–water partition coefficient (Wildman–Crippen LogP) is 5.92. The number of nitrogens with zero attached hydrogens (tertiary/aromatic N) is 3. The van der Waals surface area contributed by atoms with E-state index in [0.717, 1.165) is 39.1 Å². The molecule has 234 valence electrons. The SMILES string of the molecule is COc1cc2c(Oc3ccc(NS(=O)(=O)c4c(F)ccc(F)c4F)cc3Cl)ccnc2cc1OCCCN1CCN(C)CC1. The topological polar surface area (TPSA) is 93.2 Å². The third-order valence-corrected chi connectivity index (χ3v) is 8.85. The summed E-state index contributed by atoms with van der Waals surface area (Å²) in [6.07, 6.45) is 2.41. The number of sulfonamides is 1. The van der Waals surface area contributed by atoms with E-state index in [2.05, 4.69) is 21.8 Å². The van der Waals surface area contributed by atoms with Crippen LogP contribution < -0.4 is 18.9 Å². The highest BCUT2D eigenvalue weighted by Gasteiger charge is 2.27. The summed E-state index contributed by atoms with van der Waals surface area (Å²) in [7, 11) is -1.16. The van der Waals surface area contributed by atoms with Crippen LogP contribution in [0.25, 0.3) is 10.9 Å². The fourth-order valence-corrected chi connectivity index (χ4v) is 6.17. The van der Waals surface area contributed by atoms with E-state index in [1.54, 1.807) is 24.4 Å². The molecular weight excluding hydrogens is 621 g/mol. The molecule has 0 unspecified atom stereocenters. The van der Waals surface area contributed by atoms with Gasteiger partial charge in [-0.15, -0.1) is 0 Å². The lowest BCUT2D eigenvalue weighted by molar-refractivity contribution is 0.145. The summed E-state index contributed by atoms with van der Waals surface area (Å²) < 4.78 is 86.7. The molecule has 5 rings (SSSR count). The van der Waals surface area contributed by atoms with Crippen LogP contribution in [0.5, 0.6) is 23.0 Å². The van der Waals surface area contributed by atoms with Gasteiger partial charge in [0.1, 0.15) is 17.3 Å². The predicted molar refractivity (Wildman–Crippen MR) is 161 cm³/mol. The van der Waals surface area contributed by atoms with Crippen molar-refractivity contribution in [1.29, 1.82) is 0 Å². The summed E-state index contributed by atoms with van der Waals surface area (Å²) in [5.74, 6) is -3.20. The number of piperazine rings is 1. The smallest absolute Gasteiger partial charge is 0.267 e. The van der Waals surface area contributed by atoms with Crippen molar-refractivity contribution in [1.82, 2.24) is 14.8 Å². The number of aromatic nitrogens is 1. The Bertz CT molecular complexity index is 1770. The fraction of sp³-hybridized carbons (Fsp3) is 0.300. The molecule has 9 nitrogen and oxygen atoms in total. The van der Waals surface area contributed by atoms with Crippen LogP contribution in [0.15, 0.2) is 59.6 Å². The van der Waals surface area contributed by atoms with Crippen molar-refractivity contribution in [2.75, 3.05) is 58.2 Å². The second kappa shape index (κ2) is 13.5. The standard InChI is InChI=1S/C30H30ClF3N4O5S/c1-37-11-13-38(14-12-37)10-3-15-42-28-18-24-20(17-27(28)41-2)25(8-9-35-24)43-26-7-4-19(16-21(26)31)36-44(39,40)30-23(33)6-5-22(32)29(30)34/h4-9,16-18,36H,3,10-15H2,1-2H3. The highest BCUT2D eigenvalue weighted by Crippen LogP contribution is 2.39. The van der Waals surface area contributed by atoms with Crippen LogP contribution in [0.4, 0.5) is 18.9 Å². The number of halogens is 4. The summed E-state index contributed by atoms with van der Waals surface area (Å²) >= 11 is 6.38. The van der Waals surface area contributed by atoms with Crippen LogP contribution in [-0.2, 0) is 10.0 Å². The van der Waals surface area contributed by atoms with Gasteiger partial charge in [-0.1, -0.05) is 11.6 Å². The number of nitrogens with one attached hydrogen (secondary N) is 1. The number of hydrogen-bond donors (Lipinski definition) is 1. The van der Waals surface area contributed by atoms with Gasteiger partial charge in [-0.05, 0) is 55.9 Å². The number of rotatable bonds is 11. The van der Waals surface area contributed by atoms with E-state index in [4.69, 9.17) is 25.8 Å². The van der Waals surface area contributed by atoms with Gasteiger partial charge in [-0.25, -0.2) is 21.6 Å². The fourth-order valence-electron chi connectivity index (χ4n) is 4.76. The average Bonchev–Trinajstić information content (AvgIpc) is 2.99. The number of benzene rings is 3. The summed E-state index contributed by atoms with van der Waals surface area (Å²) in [5.41, 5.74) is 0.457. The van der Waals surface area contributed by atoms with Gasteiger partial charge in [0.15, 0.2) is 28.0 Å². The van der Waals surface area contributed by atoms with Crippen LogP contribution in [0, 0.1) is 17.5 Å². The molecule has 0 amide bonds. The molecular formula is C30H30ClF3N4O5S. The van der Waals surface area contributed by atoms with Crippen molar-refractivity contribution in [2.24, 2.45) is 0 Å². The Labute approximate surface area is 258 Å². The lowest BCUT2D eigenvalue weighted by atomic mass is 10.1. The van der Waals surface area contributed by atoms with Crippen LogP contribution in [0.3, 0.4) is 0 Å². The van der Waals surface area contributed by atoms with Crippen molar-refractivity contribution in [3.05, 3.63) is 77.2 Å². The van der Waals surface area contributed by atoms with Crippen LogP contribution in [0.1, 0.15) is 6.42 Å². The monoisotopic (exact) mass is 650 g/mol. The third-order valence-electron chi connectivity index (χ3n) is 7.13. The molecule has 0 atom stereocenters. The normalized spacial score (nSPS) is 14.5. The van der Waals surface area contributed by atoms with Crippen molar-refractivity contribution >= 4 is 38.2 Å².